The van der Waals surface area contributed by atoms with Gasteiger partial charge < -0.3 is 25.2 Å². The second kappa shape index (κ2) is 13.9. The minimum absolute atomic E-state index is 0.296. The molecule has 0 saturated carbocycles. The monoisotopic (exact) mass is 562 g/mol. The summed E-state index contributed by atoms with van der Waals surface area (Å²) in [5.74, 6) is 4.04. The molecule has 10 heteroatoms. The van der Waals surface area contributed by atoms with Crippen LogP contribution in [-0.2, 0) is 4.79 Å². The van der Waals surface area contributed by atoms with Gasteiger partial charge in [-0.1, -0.05) is 12.1 Å². The van der Waals surface area contributed by atoms with E-state index in [4.69, 9.17) is 4.74 Å². The molecule has 4 saturated heterocycles. The lowest BCUT2D eigenvalue weighted by molar-refractivity contribution is -0.133. The summed E-state index contributed by atoms with van der Waals surface area (Å²) in [4.78, 5) is 21.9. The fraction of sp³-hybridized carbons (Fsp3) is 0.645. The van der Waals surface area contributed by atoms with Crippen molar-refractivity contribution in [3.8, 4) is 11.5 Å². The molecule has 1 atom stereocenters. The summed E-state index contributed by atoms with van der Waals surface area (Å²) in [6.07, 6.45) is 6.51. The van der Waals surface area contributed by atoms with Crippen LogP contribution in [0.1, 0.15) is 37.2 Å². The van der Waals surface area contributed by atoms with Crippen LogP contribution >= 0.6 is 0 Å². The number of rotatable bonds is 8. The second-order valence-corrected chi connectivity index (χ2v) is 12.1. The predicted octanol–water partition coefficient (Wildman–Crippen LogP) is 2.00. The molecular weight excluding hydrogens is 516 g/mol. The molecule has 1 unspecified atom stereocenters. The summed E-state index contributed by atoms with van der Waals surface area (Å²) in [6, 6.07) is 10.5. The molecule has 6 rings (SSSR count). The van der Waals surface area contributed by atoms with Gasteiger partial charge in [0.25, 0.3) is 0 Å². The minimum Gasteiger partial charge on any atom is -0.456 e. The summed E-state index contributed by atoms with van der Waals surface area (Å²) in [6.45, 7) is 13.4. The number of nitrogens with zero attached hydrogens (tertiary/aromatic N) is 6. The first kappa shape index (κ1) is 28.3. The molecule has 222 valence electrons. The Hall–Kier alpha value is -2.79. The van der Waals surface area contributed by atoms with Gasteiger partial charge in [0.2, 0.25) is 5.91 Å². The van der Waals surface area contributed by atoms with Crippen LogP contribution in [0.5, 0.6) is 11.5 Å². The molecule has 2 N–H and O–H groups in total. The van der Waals surface area contributed by atoms with Crippen LogP contribution in [-0.4, -0.2) is 122 Å². The van der Waals surface area contributed by atoms with Gasteiger partial charge in [0.1, 0.15) is 5.75 Å². The number of likely N-dealkylation sites (tertiary alicyclic amines) is 1. The molecule has 41 heavy (non-hydrogen) atoms. The third kappa shape index (κ3) is 7.74. The highest BCUT2D eigenvalue weighted by atomic mass is 16.5. The average Bonchev–Trinajstić information content (AvgIpc) is 3.03. The highest BCUT2D eigenvalue weighted by molar-refractivity contribution is 5.78. The Morgan fingerprint density at radius 1 is 0.878 bits per heavy atom. The van der Waals surface area contributed by atoms with E-state index in [0.717, 1.165) is 102 Å². The van der Waals surface area contributed by atoms with Crippen LogP contribution in [0.25, 0.3) is 0 Å². The van der Waals surface area contributed by atoms with Gasteiger partial charge >= 0.3 is 0 Å². The van der Waals surface area contributed by atoms with Crippen molar-refractivity contribution in [1.29, 1.82) is 0 Å². The topological polar surface area (TPSA) is 89.1 Å². The normalized spacial score (nSPS) is 23.5. The van der Waals surface area contributed by atoms with E-state index in [1.54, 1.807) is 6.20 Å². The van der Waals surface area contributed by atoms with E-state index < -0.39 is 0 Å². The van der Waals surface area contributed by atoms with Gasteiger partial charge in [-0.05, 0) is 74.8 Å². The van der Waals surface area contributed by atoms with Gasteiger partial charge in [-0.15, -0.1) is 5.10 Å². The van der Waals surface area contributed by atoms with Crippen molar-refractivity contribution in [3.63, 3.8) is 0 Å². The van der Waals surface area contributed by atoms with Crippen molar-refractivity contribution in [2.24, 2.45) is 5.92 Å². The van der Waals surface area contributed by atoms with Gasteiger partial charge in [-0.3, -0.25) is 14.6 Å². The Morgan fingerprint density at radius 2 is 1.71 bits per heavy atom. The van der Waals surface area contributed by atoms with Crippen LogP contribution in [0, 0.1) is 5.92 Å². The van der Waals surface area contributed by atoms with E-state index in [0.29, 0.717) is 24.3 Å². The Labute approximate surface area is 244 Å². The SMILES string of the molecule is O=C(CN1CCC(CN2CCN(c3cc(Oc4cccc(C5CCCNC5)c4)cnn3)CC2)CC1)N1CCNCC1. The standard InChI is InChI=1S/C31H46N8O2/c40-31(39-13-9-32-10-14-39)24-36-11-6-25(7-12-36)23-37-15-17-38(18-16-37)30-20-29(22-34-35-30)41-28-5-1-3-26(19-28)27-4-2-8-33-21-27/h1,3,5,19-20,22,25,27,32-33H,2,4,6-18,21,23-24H2. The molecule has 1 aromatic carbocycles. The summed E-state index contributed by atoms with van der Waals surface area (Å²) >= 11 is 0. The third-order valence-electron chi connectivity index (χ3n) is 9.23. The van der Waals surface area contributed by atoms with Crippen molar-refractivity contribution in [1.82, 2.24) is 35.5 Å². The predicted molar refractivity (Wildman–Crippen MR) is 161 cm³/mol. The summed E-state index contributed by atoms with van der Waals surface area (Å²) in [5.41, 5.74) is 1.34. The lowest BCUT2D eigenvalue weighted by atomic mass is 9.92. The van der Waals surface area contributed by atoms with E-state index >= 15 is 0 Å². The number of amides is 1. The maximum Gasteiger partial charge on any atom is 0.236 e. The smallest absolute Gasteiger partial charge is 0.236 e. The van der Waals surface area contributed by atoms with E-state index in [2.05, 4.69) is 53.7 Å². The Kier molecular flexibility index (Phi) is 9.62. The fourth-order valence-corrected chi connectivity index (χ4v) is 6.71. The molecule has 0 bridgehead atoms. The average molecular weight is 563 g/mol. The van der Waals surface area contributed by atoms with E-state index in [1.807, 2.05) is 17.0 Å². The zero-order valence-electron chi connectivity index (χ0n) is 24.3. The first-order valence-corrected chi connectivity index (χ1v) is 15.7. The number of aromatic nitrogens is 2. The van der Waals surface area contributed by atoms with Crippen LogP contribution in [0.2, 0.25) is 0 Å². The molecule has 1 aromatic heterocycles. The summed E-state index contributed by atoms with van der Waals surface area (Å²) in [5, 5.41) is 15.5. The van der Waals surface area contributed by atoms with Crippen molar-refractivity contribution >= 4 is 11.7 Å². The van der Waals surface area contributed by atoms with Crippen molar-refractivity contribution in [2.75, 3.05) is 96.5 Å². The highest BCUT2D eigenvalue weighted by Crippen LogP contribution is 2.29. The molecule has 4 aliphatic rings. The number of anilines is 1. The maximum atomic E-state index is 12.6. The van der Waals surface area contributed by atoms with Crippen LogP contribution < -0.4 is 20.3 Å². The lowest BCUT2D eigenvalue weighted by Gasteiger charge is -2.39. The molecule has 0 aliphatic carbocycles. The van der Waals surface area contributed by atoms with Crippen LogP contribution in [0.3, 0.4) is 0 Å². The summed E-state index contributed by atoms with van der Waals surface area (Å²) < 4.78 is 6.24. The van der Waals surface area contributed by atoms with Gasteiger partial charge in [0.05, 0.1) is 12.7 Å². The molecule has 10 nitrogen and oxygen atoms in total. The largest absolute Gasteiger partial charge is 0.456 e. The number of carbonyl (C=O) groups is 1. The van der Waals surface area contributed by atoms with Gasteiger partial charge in [0.15, 0.2) is 11.6 Å². The Balaban J connectivity index is 0.939. The number of ether oxygens (including phenoxy) is 1. The number of piperazine rings is 2. The van der Waals surface area contributed by atoms with Gasteiger partial charge in [-0.25, -0.2) is 0 Å². The zero-order valence-corrected chi connectivity index (χ0v) is 24.3. The maximum absolute atomic E-state index is 12.6. The number of hydrogen-bond donors (Lipinski definition) is 2. The first-order chi connectivity index (χ1) is 20.2. The molecule has 2 aromatic rings. The minimum atomic E-state index is 0.296. The Bertz CT molecular complexity index is 1120. The number of benzene rings is 1. The van der Waals surface area contributed by atoms with Crippen LogP contribution in [0.4, 0.5) is 5.82 Å². The molecule has 4 aliphatic heterocycles. The zero-order chi connectivity index (χ0) is 27.9. The van der Waals surface area contributed by atoms with E-state index in [9.17, 15) is 4.79 Å². The number of nitrogens with one attached hydrogen (secondary N) is 2. The molecule has 0 spiro atoms. The number of carbonyl (C=O) groups excluding carboxylic acids is 1. The van der Waals surface area contributed by atoms with E-state index in [1.165, 1.54) is 31.2 Å². The van der Waals surface area contributed by atoms with Gasteiger partial charge in [-0.2, -0.15) is 5.10 Å². The second-order valence-electron chi connectivity index (χ2n) is 12.1. The number of hydrogen-bond acceptors (Lipinski definition) is 9. The van der Waals surface area contributed by atoms with Crippen molar-refractivity contribution < 1.29 is 9.53 Å². The van der Waals surface area contributed by atoms with Gasteiger partial charge in [0, 0.05) is 71.5 Å². The number of piperidine rings is 2. The molecule has 5 heterocycles. The lowest BCUT2D eigenvalue weighted by Crippen LogP contribution is -2.51. The van der Waals surface area contributed by atoms with Crippen LogP contribution in [0.15, 0.2) is 36.5 Å². The van der Waals surface area contributed by atoms with Crippen molar-refractivity contribution in [3.05, 3.63) is 42.1 Å². The van der Waals surface area contributed by atoms with E-state index in [-0.39, 0.29) is 0 Å². The highest BCUT2D eigenvalue weighted by Gasteiger charge is 2.27. The quantitative estimate of drug-likeness (QED) is 0.502. The molecule has 1 amide bonds. The Morgan fingerprint density at radius 3 is 2.49 bits per heavy atom. The molecule has 4 fully saturated rings. The summed E-state index contributed by atoms with van der Waals surface area (Å²) in [7, 11) is 0. The molecule has 0 radical (unpaired) electrons. The van der Waals surface area contributed by atoms with Crippen molar-refractivity contribution in [2.45, 2.75) is 31.6 Å². The molecular formula is C31H46N8O2. The first-order valence-electron chi connectivity index (χ1n) is 15.7. The fourth-order valence-electron chi connectivity index (χ4n) is 6.71. The third-order valence-corrected chi connectivity index (χ3v) is 9.23.